The minimum atomic E-state index is -0.595. The molecule has 0 rings (SSSR count). The molecule has 0 radical (unpaired) electrons. The molecule has 0 aliphatic heterocycles. The number of hydrogen-bond acceptors (Lipinski definition) is 4. The van der Waals surface area contributed by atoms with Crippen molar-refractivity contribution in [2.24, 2.45) is 5.73 Å². The predicted molar refractivity (Wildman–Crippen MR) is 69.5 cm³/mol. The van der Waals surface area contributed by atoms with Crippen molar-refractivity contribution in [1.82, 2.24) is 5.32 Å². The summed E-state index contributed by atoms with van der Waals surface area (Å²) in [6, 6.07) is 0. The molecule has 16 heavy (non-hydrogen) atoms. The fourth-order valence-corrected chi connectivity index (χ4v) is 2.33. The van der Waals surface area contributed by atoms with Crippen LogP contribution < -0.4 is 11.1 Å². The van der Waals surface area contributed by atoms with E-state index in [0.717, 1.165) is 37.3 Å². The molecule has 4 N–H and O–H groups in total. The minimum Gasteiger partial charge on any atom is -0.396 e. The van der Waals surface area contributed by atoms with Gasteiger partial charge in [-0.3, -0.25) is 4.79 Å². The first-order chi connectivity index (χ1) is 7.56. The number of carbonyl (C=O) groups excluding carboxylic acids is 1. The number of hydrogen-bond donors (Lipinski definition) is 3. The van der Waals surface area contributed by atoms with E-state index in [0.29, 0.717) is 0 Å². The van der Waals surface area contributed by atoms with Gasteiger partial charge < -0.3 is 16.2 Å². The monoisotopic (exact) mass is 248 g/mol. The second kappa shape index (κ2) is 8.84. The summed E-state index contributed by atoms with van der Waals surface area (Å²) in [5, 5.41) is 11.8. The molecule has 1 unspecified atom stereocenters. The van der Waals surface area contributed by atoms with E-state index in [1.54, 1.807) is 11.8 Å². The van der Waals surface area contributed by atoms with Gasteiger partial charge >= 0.3 is 0 Å². The first kappa shape index (κ1) is 15.7. The van der Waals surface area contributed by atoms with Crippen molar-refractivity contribution >= 4 is 17.7 Å². The molecule has 0 aromatic rings. The Kier molecular flexibility index (Phi) is 8.70. The van der Waals surface area contributed by atoms with Crippen molar-refractivity contribution in [2.45, 2.75) is 38.6 Å². The van der Waals surface area contributed by atoms with Crippen molar-refractivity contribution in [3.8, 4) is 0 Å². The lowest BCUT2D eigenvalue weighted by molar-refractivity contribution is -0.123. The summed E-state index contributed by atoms with van der Waals surface area (Å²) < 4.78 is 0. The molecule has 96 valence electrons. The maximum atomic E-state index is 11.4. The molecule has 0 bridgehead atoms. The Labute approximate surface area is 102 Å². The number of carbonyl (C=O) groups is 1. The van der Waals surface area contributed by atoms with Crippen LogP contribution in [0.1, 0.15) is 33.1 Å². The second-order valence-corrected chi connectivity index (χ2v) is 5.29. The van der Waals surface area contributed by atoms with E-state index in [4.69, 9.17) is 10.8 Å². The molecule has 1 atom stereocenters. The molecule has 5 heteroatoms. The van der Waals surface area contributed by atoms with Gasteiger partial charge in [0, 0.05) is 6.61 Å². The standard InChI is InChI=1S/C11H24N2O2S/c1-3-6-13-11(2,10(12)15)5-9-16-8-4-7-14/h13-14H,3-9H2,1-2H3,(H2,12,15). The van der Waals surface area contributed by atoms with Gasteiger partial charge in [-0.2, -0.15) is 11.8 Å². The number of primary amides is 1. The topological polar surface area (TPSA) is 75.3 Å². The highest BCUT2D eigenvalue weighted by atomic mass is 32.2. The van der Waals surface area contributed by atoms with Crippen molar-refractivity contribution in [3.63, 3.8) is 0 Å². The number of aliphatic hydroxyl groups is 1. The van der Waals surface area contributed by atoms with Gasteiger partial charge in [-0.05, 0) is 44.2 Å². The van der Waals surface area contributed by atoms with Gasteiger partial charge in [0.25, 0.3) is 0 Å². The summed E-state index contributed by atoms with van der Waals surface area (Å²) in [6.45, 7) is 4.96. The molecule has 0 saturated heterocycles. The fourth-order valence-electron chi connectivity index (χ4n) is 1.24. The Morgan fingerprint density at radius 3 is 2.69 bits per heavy atom. The van der Waals surface area contributed by atoms with Crippen LogP contribution in [0.3, 0.4) is 0 Å². The molecular weight excluding hydrogens is 224 g/mol. The summed E-state index contributed by atoms with van der Waals surface area (Å²) in [7, 11) is 0. The molecule has 0 aliphatic carbocycles. The average Bonchev–Trinajstić information content (AvgIpc) is 2.26. The van der Waals surface area contributed by atoms with Crippen molar-refractivity contribution in [2.75, 3.05) is 24.7 Å². The maximum absolute atomic E-state index is 11.4. The Morgan fingerprint density at radius 1 is 1.50 bits per heavy atom. The Bertz CT molecular complexity index is 202. The SMILES string of the molecule is CCCNC(C)(CCSCCCO)C(N)=O. The van der Waals surface area contributed by atoms with Gasteiger partial charge in [-0.1, -0.05) is 6.92 Å². The largest absolute Gasteiger partial charge is 0.396 e. The lowest BCUT2D eigenvalue weighted by Gasteiger charge is -2.27. The molecule has 0 saturated carbocycles. The number of nitrogens with one attached hydrogen (secondary N) is 1. The zero-order valence-electron chi connectivity index (χ0n) is 10.3. The highest BCUT2D eigenvalue weighted by Crippen LogP contribution is 2.14. The third kappa shape index (κ3) is 6.35. The van der Waals surface area contributed by atoms with Crippen molar-refractivity contribution in [3.05, 3.63) is 0 Å². The van der Waals surface area contributed by atoms with E-state index in [1.165, 1.54) is 0 Å². The Hall–Kier alpha value is -0.260. The van der Waals surface area contributed by atoms with Gasteiger partial charge in [-0.15, -0.1) is 0 Å². The van der Waals surface area contributed by atoms with Crippen LogP contribution in [-0.4, -0.2) is 41.2 Å². The molecule has 0 aromatic carbocycles. The summed E-state index contributed by atoms with van der Waals surface area (Å²) in [5.74, 6) is 1.53. The van der Waals surface area contributed by atoms with Crippen LogP contribution in [-0.2, 0) is 4.79 Å². The maximum Gasteiger partial charge on any atom is 0.237 e. The molecule has 1 amide bonds. The van der Waals surface area contributed by atoms with Crippen LogP contribution in [0.4, 0.5) is 0 Å². The third-order valence-electron chi connectivity index (χ3n) is 2.50. The third-order valence-corrected chi connectivity index (χ3v) is 3.57. The summed E-state index contributed by atoms with van der Waals surface area (Å²) in [6.07, 6.45) is 2.53. The van der Waals surface area contributed by atoms with Crippen LogP contribution in [0.15, 0.2) is 0 Å². The minimum absolute atomic E-state index is 0.230. The molecule has 0 heterocycles. The number of rotatable bonds is 10. The van der Waals surface area contributed by atoms with Gasteiger partial charge in [0.1, 0.15) is 0 Å². The summed E-state index contributed by atoms with van der Waals surface area (Å²) >= 11 is 1.75. The van der Waals surface area contributed by atoms with Crippen molar-refractivity contribution < 1.29 is 9.90 Å². The summed E-state index contributed by atoms with van der Waals surface area (Å²) in [5.41, 5.74) is 4.81. The second-order valence-electron chi connectivity index (χ2n) is 4.06. The first-order valence-corrected chi connectivity index (χ1v) is 6.96. The van der Waals surface area contributed by atoms with Gasteiger partial charge in [0.05, 0.1) is 5.54 Å². The van der Waals surface area contributed by atoms with Crippen LogP contribution in [0.5, 0.6) is 0 Å². The van der Waals surface area contributed by atoms with E-state index >= 15 is 0 Å². The number of thioether (sulfide) groups is 1. The highest BCUT2D eigenvalue weighted by molar-refractivity contribution is 7.99. The molecule has 0 aliphatic rings. The molecular formula is C11H24N2O2S. The van der Waals surface area contributed by atoms with Gasteiger partial charge in [-0.25, -0.2) is 0 Å². The quantitative estimate of drug-likeness (QED) is 0.498. The lowest BCUT2D eigenvalue weighted by atomic mass is 9.98. The summed E-state index contributed by atoms with van der Waals surface area (Å²) in [4.78, 5) is 11.4. The lowest BCUT2D eigenvalue weighted by Crippen LogP contribution is -2.53. The van der Waals surface area contributed by atoms with Crippen LogP contribution in [0, 0.1) is 0 Å². The van der Waals surface area contributed by atoms with Crippen LogP contribution >= 0.6 is 11.8 Å². The number of amides is 1. The molecule has 0 spiro atoms. The zero-order valence-corrected chi connectivity index (χ0v) is 11.1. The van der Waals surface area contributed by atoms with Crippen molar-refractivity contribution in [1.29, 1.82) is 0 Å². The molecule has 0 fully saturated rings. The highest BCUT2D eigenvalue weighted by Gasteiger charge is 2.29. The van der Waals surface area contributed by atoms with E-state index < -0.39 is 5.54 Å². The number of nitrogens with two attached hydrogens (primary N) is 1. The Morgan fingerprint density at radius 2 is 2.19 bits per heavy atom. The van der Waals surface area contributed by atoms with Crippen LogP contribution in [0.25, 0.3) is 0 Å². The van der Waals surface area contributed by atoms with Gasteiger partial charge in [0.2, 0.25) is 5.91 Å². The Balaban J connectivity index is 3.88. The van der Waals surface area contributed by atoms with Crippen LogP contribution in [0.2, 0.25) is 0 Å². The van der Waals surface area contributed by atoms with E-state index in [2.05, 4.69) is 12.2 Å². The molecule has 4 nitrogen and oxygen atoms in total. The van der Waals surface area contributed by atoms with E-state index in [1.807, 2.05) is 6.92 Å². The van der Waals surface area contributed by atoms with E-state index in [-0.39, 0.29) is 12.5 Å². The van der Waals surface area contributed by atoms with E-state index in [9.17, 15) is 4.79 Å². The normalized spacial score (nSPS) is 14.7. The first-order valence-electron chi connectivity index (χ1n) is 5.80. The van der Waals surface area contributed by atoms with Gasteiger partial charge in [0.15, 0.2) is 0 Å². The molecule has 0 aromatic heterocycles. The number of aliphatic hydroxyl groups excluding tert-OH is 1. The average molecular weight is 248 g/mol. The smallest absolute Gasteiger partial charge is 0.237 e. The predicted octanol–water partition coefficient (Wildman–Crippen LogP) is 0.736. The zero-order chi connectivity index (χ0) is 12.4. The fraction of sp³-hybridized carbons (Fsp3) is 0.909.